The van der Waals surface area contributed by atoms with Crippen LogP contribution in [-0.2, 0) is 16.4 Å². The molecule has 0 saturated carbocycles. The van der Waals surface area contributed by atoms with Gasteiger partial charge in [0.25, 0.3) is 0 Å². The second-order valence-corrected chi connectivity index (χ2v) is 6.20. The van der Waals surface area contributed by atoms with Crippen LogP contribution in [0.5, 0.6) is 0 Å². The van der Waals surface area contributed by atoms with Gasteiger partial charge in [0.15, 0.2) is 0 Å². The number of aliphatic hydroxyl groups excluding tert-OH is 1. The number of imidazole rings is 1. The van der Waals surface area contributed by atoms with Crippen molar-refractivity contribution in [1.29, 1.82) is 0 Å². The molecule has 2 rings (SSSR count). The molecule has 0 bridgehead atoms. The lowest BCUT2D eigenvalue weighted by Gasteiger charge is -2.08. The van der Waals surface area contributed by atoms with Gasteiger partial charge in [0.2, 0.25) is 10.0 Å². The van der Waals surface area contributed by atoms with Crippen LogP contribution in [0.2, 0.25) is 0 Å². The standard InChI is InChI=1S/C13H17N3O3S/c1-10(17)11-2-4-12(5-3-11)20(18,19)16-7-6-13-14-8-9-15-13/h2-5,8-10,16-17H,6-7H2,1H3,(H,14,15). The molecule has 0 amide bonds. The van der Waals surface area contributed by atoms with Crippen molar-refractivity contribution in [1.82, 2.24) is 14.7 Å². The number of H-pyrrole nitrogens is 1. The summed E-state index contributed by atoms with van der Waals surface area (Å²) in [6.07, 6.45) is 3.20. The number of nitrogens with one attached hydrogen (secondary N) is 2. The molecule has 0 spiro atoms. The van der Waals surface area contributed by atoms with Crippen LogP contribution in [0.15, 0.2) is 41.6 Å². The Morgan fingerprint density at radius 3 is 2.60 bits per heavy atom. The Hall–Kier alpha value is -1.70. The quantitative estimate of drug-likeness (QED) is 0.740. The van der Waals surface area contributed by atoms with Gasteiger partial charge in [0.1, 0.15) is 5.82 Å². The maximum Gasteiger partial charge on any atom is 0.240 e. The maximum atomic E-state index is 12.0. The molecule has 108 valence electrons. The number of rotatable bonds is 6. The molecular formula is C13H17N3O3S. The summed E-state index contributed by atoms with van der Waals surface area (Å²) in [4.78, 5) is 7.11. The fourth-order valence-corrected chi connectivity index (χ4v) is 2.78. The zero-order chi connectivity index (χ0) is 14.6. The molecule has 1 heterocycles. The smallest absolute Gasteiger partial charge is 0.240 e. The molecule has 0 aliphatic rings. The average Bonchev–Trinajstić information content (AvgIpc) is 2.92. The fourth-order valence-electron chi connectivity index (χ4n) is 1.75. The largest absolute Gasteiger partial charge is 0.389 e. The van der Waals surface area contributed by atoms with E-state index >= 15 is 0 Å². The van der Waals surface area contributed by atoms with Gasteiger partial charge < -0.3 is 10.1 Å². The Balaban J connectivity index is 1.99. The second kappa shape index (κ2) is 6.17. The first-order valence-corrected chi connectivity index (χ1v) is 7.73. The Morgan fingerprint density at radius 2 is 2.05 bits per heavy atom. The van der Waals surface area contributed by atoms with Gasteiger partial charge >= 0.3 is 0 Å². The van der Waals surface area contributed by atoms with E-state index in [1.807, 2.05) is 0 Å². The second-order valence-electron chi connectivity index (χ2n) is 4.43. The molecule has 0 radical (unpaired) electrons. The third-order valence-corrected chi connectivity index (χ3v) is 4.36. The van der Waals surface area contributed by atoms with Crippen molar-refractivity contribution in [2.24, 2.45) is 0 Å². The number of aliphatic hydroxyl groups is 1. The van der Waals surface area contributed by atoms with Gasteiger partial charge in [-0.05, 0) is 24.6 Å². The van der Waals surface area contributed by atoms with Crippen molar-refractivity contribution in [3.05, 3.63) is 48.0 Å². The zero-order valence-electron chi connectivity index (χ0n) is 11.1. The first-order chi connectivity index (χ1) is 9.49. The number of sulfonamides is 1. The van der Waals surface area contributed by atoms with E-state index in [-0.39, 0.29) is 11.4 Å². The molecule has 1 aromatic heterocycles. The predicted octanol–water partition coefficient (Wildman–Crippen LogP) is 0.984. The van der Waals surface area contributed by atoms with Crippen LogP contribution in [0, 0.1) is 0 Å². The molecule has 1 atom stereocenters. The average molecular weight is 295 g/mol. The maximum absolute atomic E-state index is 12.0. The van der Waals surface area contributed by atoms with E-state index in [4.69, 9.17) is 0 Å². The molecule has 0 saturated heterocycles. The summed E-state index contributed by atoms with van der Waals surface area (Å²) in [5, 5.41) is 9.39. The molecule has 0 aliphatic carbocycles. The molecule has 6 nitrogen and oxygen atoms in total. The summed E-state index contributed by atoms with van der Waals surface area (Å²) in [6, 6.07) is 6.17. The topological polar surface area (TPSA) is 95.1 Å². The molecule has 2 aromatic rings. The van der Waals surface area contributed by atoms with Gasteiger partial charge in [0.05, 0.1) is 11.0 Å². The zero-order valence-corrected chi connectivity index (χ0v) is 11.9. The summed E-state index contributed by atoms with van der Waals surface area (Å²) in [5.41, 5.74) is 0.680. The van der Waals surface area contributed by atoms with Gasteiger partial charge in [-0.25, -0.2) is 18.1 Å². The minimum Gasteiger partial charge on any atom is -0.389 e. The Bertz CT molecular complexity index is 634. The van der Waals surface area contributed by atoms with E-state index in [0.29, 0.717) is 12.0 Å². The van der Waals surface area contributed by atoms with Gasteiger partial charge in [0, 0.05) is 25.4 Å². The van der Waals surface area contributed by atoms with Crippen molar-refractivity contribution in [2.45, 2.75) is 24.3 Å². The number of aromatic nitrogens is 2. The number of hydrogen-bond donors (Lipinski definition) is 3. The molecule has 20 heavy (non-hydrogen) atoms. The summed E-state index contributed by atoms with van der Waals surface area (Å²) in [7, 11) is -3.53. The third kappa shape index (κ3) is 3.66. The molecule has 0 fully saturated rings. The summed E-state index contributed by atoms with van der Waals surface area (Å²) < 4.78 is 26.6. The van der Waals surface area contributed by atoms with Crippen LogP contribution >= 0.6 is 0 Å². The Labute approximate surface area is 117 Å². The van der Waals surface area contributed by atoms with Gasteiger partial charge in [-0.1, -0.05) is 12.1 Å². The SMILES string of the molecule is CC(O)c1ccc(S(=O)(=O)NCCc2ncc[nH]2)cc1. The fraction of sp³-hybridized carbons (Fsp3) is 0.308. The van der Waals surface area contributed by atoms with E-state index in [9.17, 15) is 13.5 Å². The van der Waals surface area contributed by atoms with E-state index in [1.165, 1.54) is 12.1 Å². The first-order valence-electron chi connectivity index (χ1n) is 6.25. The number of aromatic amines is 1. The summed E-state index contributed by atoms with van der Waals surface area (Å²) in [6.45, 7) is 1.90. The van der Waals surface area contributed by atoms with Crippen molar-refractivity contribution in [2.75, 3.05) is 6.54 Å². The van der Waals surface area contributed by atoms with E-state index < -0.39 is 16.1 Å². The molecule has 0 aliphatic heterocycles. The number of nitrogens with zero attached hydrogens (tertiary/aromatic N) is 1. The Kier molecular flexibility index (Phi) is 4.53. The van der Waals surface area contributed by atoms with Crippen molar-refractivity contribution in [3.63, 3.8) is 0 Å². The highest BCUT2D eigenvalue weighted by Gasteiger charge is 2.13. The number of benzene rings is 1. The third-order valence-electron chi connectivity index (χ3n) is 2.88. The summed E-state index contributed by atoms with van der Waals surface area (Å²) >= 11 is 0. The molecule has 1 aromatic carbocycles. The van der Waals surface area contributed by atoms with Crippen molar-refractivity contribution >= 4 is 10.0 Å². The lowest BCUT2D eigenvalue weighted by Crippen LogP contribution is -2.26. The normalized spacial score (nSPS) is 13.3. The van der Waals surface area contributed by atoms with Crippen LogP contribution in [-0.4, -0.2) is 30.0 Å². The van der Waals surface area contributed by atoms with E-state index in [0.717, 1.165) is 5.82 Å². The highest BCUT2D eigenvalue weighted by atomic mass is 32.2. The molecule has 7 heteroatoms. The summed E-state index contributed by atoms with van der Waals surface area (Å²) in [5.74, 6) is 0.733. The van der Waals surface area contributed by atoms with Crippen LogP contribution in [0.4, 0.5) is 0 Å². The Morgan fingerprint density at radius 1 is 1.35 bits per heavy atom. The van der Waals surface area contributed by atoms with Crippen LogP contribution in [0.1, 0.15) is 24.4 Å². The predicted molar refractivity (Wildman–Crippen MR) is 74.6 cm³/mol. The van der Waals surface area contributed by atoms with Gasteiger partial charge in [-0.15, -0.1) is 0 Å². The molecular weight excluding hydrogens is 278 g/mol. The minimum atomic E-state index is -3.53. The van der Waals surface area contributed by atoms with Crippen molar-refractivity contribution in [3.8, 4) is 0 Å². The number of hydrogen-bond acceptors (Lipinski definition) is 4. The highest BCUT2D eigenvalue weighted by Crippen LogP contribution is 2.15. The van der Waals surface area contributed by atoms with Crippen LogP contribution in [0.3, 0.4) is 0 Å². The van der Waals surface area contributed by atoms with Gasteiger partial charge in [-0.2, -0.15) is 0 Å². The lowest BCUT2D eigenvalue weighted by atomic mass is 10.1. The first kappa shape index (κ1) is 14.7. The van der Waals surface area contributed by atoms with Crippen LogP contribution < -0.4 is 4.72 Å². The highest BCUT2D eigenvalue weighted by molar-refractivity contribution is 7.89. The van der Waals surface area contributed by atoms with Gasteiger partial charge in [-0.3, -0.25) is 0 Å². The molecule has 1 unspecified atom stereocenters. The minimum absolute atomic E-state index is 0.182. The van der Waals surface area contributed by atoms with E-state index in [1.54, 1.807) is 31.5 Å². The van der Waals surface area contributed by atoms with E-state index in [2.05, 4.69) is 14.7 Å². The molecule has 3 N–H and O–H groups in total. The van der Waals surface area contributed by atoms with Crippen molar-refractivity contribution < 1.29 is 13.5 Å². The van der Waals surface area contributed by atoms with Crippen LogP contribution in [0.25, 0.3) is 0 Å². The lowest BCUT2D eigenvalue weighted by molar-refractivity contribution is 0.199. The monoisotopic (exact) mass is 295 g/mol.